The van der Waals surface area contributed by atoms with Gasteiger partial charge in [-0.3, -0.25) is 4.79 Å². The van der Waals surface area contributed by atoms with Crippen molar-refractivity contribution in [1.29, 1.82) is 0 Å². The van der Waals surface area contributed by atoms with Crippen molar-refractivity contribution in [3.8, 4) is 0 Å². The van der Waals surface area contributed by atoms with Crippen LogP contribution in [-0.2, 0) is 9.53 Å². The van der Waals surface area contributed by atoms with Crippen LogP contribution in [0.3, 0.4) is 0 Å². The molecule has 104 valence electrons. The number of rotatable bonds is 4. The summed E-state index contributed by atoms with van der Waals surface area (Å²) in [5.41, 5.74) is 2.46. The van der Waals surface area contributed by atoms with Gasteiger partial charge in [0.2, 0.25) is 0 Å². The van der Waals surface area contributed by atoms with E-state index in [4.69, 9.17) is 16.3 Å². The Labute approximate surface area is 123 Å². The van der Waals surface area contributed by atoms with Crippen molar-refractivity contribution in [3.05, 3.63) is 64.7 Å². The SMILES string of the molecule is CO[C@H](C(=O)Nc1cc(Cl)ccc1C)c1ccccc1. The Morgan fingerprint density at radius 2 is 1.90 bits per heavy atom. The molecule has 0 unspecified atom stereocenters. The summed E-state index contributed by atoms with van der Waals surface area (Å²) in [6.45, 7) is 1.91. The summed E-state index contributed by atoms with van der Waals surface area (Å²) in [6.07, 6.45) is -0.644. The highest BCUT2D eigenvalue weighted by molar-refractivity contribution is 6.31. The number of benzene rings is 2. The maximum absolute atomic E-state index is 12.3. The molecular formula is C16H16ClNO2. The summed E-state index contributed by atoms with van der Waals surface area (Å²) < 4.78 is 5.30. The van der Waals surface area contributed by atoms with E-state index in [1.807, 2.05) is 43.3 Å². The minimum Gasteiger partial charge on any atom is -0.367 e. The first-order valence-electron chi connectivity index (χ1n) is 6.26. The minimum absolute atomic E-state index is 0.218. The Bertz CT molecular complexity index is 599. The van der Waals surface area contributed by atoms with Gasteiger partial charge < -0.3 is 10.1 Å². The van der Waals surface area contributed by atoms with Gasteiger partial charge in [0.1, 0.15) is 0 Å². The van der Waals surface area contributed by atoms with E-state index in [1.165, 1.54) is 7.11 Å². The molecule has 2 rings (SSSR count). The first-order valence-corrected chi connectivity index (χ1v) is 6.64. The van der Waals surface area contributed by atoms with E-state index >= 15 is 0 Å². The summed E-state index contributed by atoms with van der Waals surface area (Å²) in [4.78, 5) is 12.3. The zero-order valence-electron chi connectivity index (χ0n) is 11.4. The second-order valence-corrected chi connectivity index (χ2v) is 4.91. The van der Waals surface area contributed by atoms with Crippen LogP contribution in [0.25, 0.3) is 0 Å². The standard InChI is InChI=1S/C16H16ClNO2/c1-11-8-9-13(17)10-14(11)18-16(19)15(20-2)12-6-4-3-5-7-12/h3-10,15H,1-2H3,(H,18,19)/t15-/m0/s1. The number of anilines is 1. The molecule has 0 radical (unpaired) electrons. The lowest BCUT2D eigenvalue weighted by Crippen LogP contribution is -2.23. The molecule has 0 aromatic heterocycles. The van der Waals surface area contributed by atoms with Gasteiger partial charge in [0.05, 0.1) is 0 Å². The molecule has 0 spiro atoms. The number of amides is 1. The molecule has 0 fully saturated rings. The molecule has 2 aromatic carbocycles. The van der Waals surface area contributed by atoms with Crippen molar-refractivity contribution in [2.75, 3.05) is 12.4 Å². The lowest BCUT2D eigenvalue weighted by atomic mass is 10.1. The molecule has 0 heterocycles. The maximum Gasteiger partial charge on any atom is 0.258 e. The quantitative estimate of drug-likeness (QED) is 0.925. The fraction of sp³-hybridized carbons (Fsp3) is 0.188. The predicted octanol–water partition coefficient (Wildman–Crippen LogP) is 3.97. The lowest BCUT2D eigenvalue weighted by molar-refractivity contribution is -0.126. The molecule has 0 aliphatic carbocycles. The van der Waals surface area contributed by atoms with Gasteiger partial charge in [-0.2, -0.15) is 0 Å². The lowest BCUT2D eigenvalue weighted by Gasteiger charge is -2.16. The Morgan fingerprint density at radius 1 is 1.20 bits per heavy atom. The third-order valence-corrected chi connectivity index (χ3v) is 3.27. The molecule has 1 atom stereocenters. The van der Waals surface area contributed by atoms with Crippen LogP contribution in [0.5, 0.6) is 0 Å². The van der Waals surface area contributed by atoms with E-state index in [0.717, 1.165) is 11.1 Å². The number of hydrogen-bond donors (Lipinski definition) is 1. The normalized spacial score (nSPS) is 11.9. The molecule has 0 saturated carbocycles. The summed E-state index contributed by atoms with van der Waals surface area (Å²) in [5, 5.41) is 3.44. The van der Waals surface area contributed by atoms with Crippen LogP contribution in [0, 0.1) is 6.92 Å². The molecule has 0 bridgehead atoms. The highest BCUT2D eigenvalue weighted by atomic mass is 35.5. The summed E-state index contributed by atoms with van der Waals surface area (Å²) in [6, 6.07) is 14.7. The molecule has 0 aliphatic heterocycles. The average Bonchev–Trinajstić information content (AvgIpc) is 2.45. The number of nitrogens with one attached hydrogen (secondary N) is 1. The van der Waals surface area contributed by atoms with Gasteiger partial charge in [-0.1, -0.05) is 48.0 Å². The zero-order chi connectivity index (χ0) is 14.5. The largest absolute Gasteiger partial charge is 0.367 e. The number of carbonyl (C=O) groups is 1. The first-order chi connectivity index (χ1) is 9.61. The van der Waals surface area contributed by atoms with E-state index < -0.39 is 6.10 Å². The van der Waals surface area contributed by atoms with Crippen molar-refractivity contribution < 1.29 is 9.53 Å². The monoisotopic (exact) mass is 289 g/mol. The molecule has 0 saturated heterocycles. The second kappa shape index (κ2) is 6.55. The molecule has 1 amide bonds. The number of carbonyl (C=O) groups excluding carboxylic acids is 1. The van der Waals surface area contributed by atoms with Crippen molar-refractivity contribution in [2.45, 2.75) is 13.0 Å². The van der Waals surface area contributed by atoms with Crippen molar-refractivity contribution in [2.24, 2.45) is 0 Å². The zero-order valence-corrected chi connectivity index (χ0v) is 12.1. The van der Waals surface area contributed by atoms with Gasteiger partial charge in [-0.05, 0) is 30.2 Å². The molecule has 20 heavy (non-hydrogen) atoms. The summed E-state index contributed by atoms with van der Waals surface area (Å²) in [5.74, 6) is -0.218. The number of ether oxygens (including phenoxy) is 1. The van der Waals surface area contributed by atoms with Gasteiger partial charge in [0.25, 0.3) is 5.91 Å². The van der Waals surface area contributed by atoms with E-state index in [9.17, 15) is 4.79 Å². The Morgan fingerprint density at radius 3 is 2.55 bits per heavy atom. The smallest absolute Gasteiger partial charge is 0.258 e. The Hall–Kier alpha value is -1.84. The molecule has 3 nitrogen and oxygen atoms in total. The first kappa shape index (κ1) is 14.6. The highest BCUT2D eigenvalue weighted by Gasteiger charge is 2.20. The Kier molecular flexibility index (Phi) is 4.77. The molecular weight excluding hydrogens is 274 g/mol. The maximum atomic E-state index is 12.3. The minimum atomic E-state index is -0.644. The van der Waals surface area contributed by atoms with Crippen LogP contribution in [0.1, 0.15) is 17.2 Å². The average molecular weight is 290 g/mol. The van der Waals surface area contributed by atoms with Crippen LogP contribution in [0.2, 0.25) is 5.02 Å². The van der Waals surface area contributed by atoms with Crippen molar-refractivity contribution in [1.82, 2.24) is 0 Å². The molecule has 4 heteroatoms. The number of halogens is 1. The van der Waals surface area contributed by atoms with E-state index in [2.05, 4.69) is 5.32 Å². The molecule has 1 N–H and O–H groups in total. The number of hydrogen-bond acceptors (Lipinski definition) is 2. The number of methoxy groups -OCH3 is 1. The van der Waals surface area contributed by atoms with Crippen LogP contribution in [0.15, 0.2) is 48.5 Å². The van der Waals surface area contributed by atoms with Crippen LogP contribution in [-0.4, -0.2) is 13.0 Å². The fourth-order valence-electron chi connectivity index (χ4n) is 1.95. The topological polar surface area (TPSA) is 38.3 Å². The van der Waals surface area contributed by atoms with Crippen LogP contribution >= 0.6 is 11.6 Å². The van der Waals surface area contributed by atoms with Crippen LogP contribution in [0.4, 0.5) is 5.69 Å². The van der Waals surface area contributed by atoms with E-state index in [-0.39, 0.29) is 5.91 Å². The highest BCUT2D eigenvalue weighted by Crippen LogP contribution is 2.23. The third-order valence-electron chi connectivity index (χ3n) is 3.03. The van der Waals surface area contributed by atoms with Gasteiger partial charge >= 0.3 is 0 Å². The van der Waals surface area contributed by atoms with Gasteiger partial charge in [0, 0.05) is 17.8 Å². The van der Waals surface area contributed by atoms with Crippen LogP contribution < -0.4 is 5.32 Å². The Balaban J connectivity index is 2.20. The van der Waals surface area contributed by atoms with Gasteiger partial charge in [-0.15, -0.1) is 0 Å². The van der Waals surface area contributed by atoms with E-state index in [1.54, 1.807) is 12.1 Å². The van der Waals surface area contributed by atoms with Crippen molar-refractivity contribution in [3.63, 3.8) is 0 Å². The molecule has 2 aromatic rings. The number of aryl methyl sites for hydroxylation is 1. The summed E-state index contributed by atoms with van der Waals surface area (Å²) >= 11 is 5.95. The third kappa shape index (κ3) is 3.38. The van der Waals surface area contributed by atoms with Crippen molar-refractivity contribution >= 4 is 23.2 Å². The van der Waals surface area contributed by atoms with Gasteiger partial charge in [0.15, 0.2) is 6.10 Å². The van der Waals surface area contributed by atoms with Gasteiger partial charge in [-0.25, -0.2) is 0 Å². The summed E-state index contributed by atoms with van der Waals surface area (Å²) in [7, 11) is 1.52. The fourth-order valence-corrected chi connectivity index (χ4v) is 2.12. The predicted molar refractivity (Wildman–Crippen MR) is 81.0 cm³/mol. The second-order valence-electron chi connectivity index (χ2n) is 4.47. The van der Waals surface area contributed by atoms with E-state index in [0.29, 0.717) is 10.7 Å². The molecule has 0 aliphatic rings.